The van der Waals surface area contributed by atoms with Gasteiger partial charge in [-0.15, -0.1) is 0 Å². The quantitative estimate of drug-likeness (QED) is 0.773. The molecule has 1 aliphatic rings. The lowest BCUT2D eigenvalue weighted by Gasteiger charge is -2.17. The van der Waals surface area contributed by atoms with Gasteiger partial charge in [-0.2, -0.15) is 0 Å². The van der Waals surface area contributed by atoms with E-state index in [1.165, 1.54) is 16.8 Å². The van der Waals surface area contributed by atoms with Gasteiger partial charge in [0.15, 0.2) is 0 Å². The van der Waals surface area contributed by atoms with Crippen LogP contribution in [0.3, 0.4) is 0 Å². The highest BCUT2D eigenvalue weighted by atomic mass is 15.1. The summed E-state index contributed by atoms with van der Waals surface area (Å²) < 4.78 is 0. The molecule has 0 aromatic heterocycles. The van der Waals surface area contributed by atoms with Gasteiger partial charge >= 0.3 is 0 Å². The Morgan fingerprint density at radius 1 is 1.50 bits per heavy atom. The molecule has 2 nitrogen and oxygen atoms in total. The highest BCUT2D eigenvalue weighted by Crippen LogP contribution is 2.32. The zero-order chi connectivity index (χ0) is 10.1. The molecule has 1 atom stereocenters. The minimum atomic E-state index is 0.154. The van der Waals surface area contributed by atoms with E-state index in [-0.39, 0.29) is 6.04 Å². The van der Waals surface area contributed by atoms with Crippen molar-refractivity contribution in [2.45, 2.75) is 26.3 Å². The molecule has 76 valence electrons. The second kappa shape index (κ2) is 3.62. The highest BCUT2D eigenvalue weighted by molar-refractivity contribution is 5.61. The van der Waals surface area contributed by atoms with Crippen LogP contribution in [0, 0.1) is 0 Å². The van der Waals surface area contributed by atoms with E-state index >= 15 is 0 Å². The molecule has 1 unspecified atom stereocenters. The van der Waals surface area contributed by atoms with Crippen molar-refractivity contribution in [1.29, 1.82) is 0 Å². The first-order chi connectivity index (χ1) is 6.74. The third-order valence-corrected chi connectivity index (χ3v) is 3.03. The van der Waals surface area contributed by atoms with Gasteiger partial charge in [0.1, 0.15) is 0 Å². The summed E-state index contributed by atoms with van der Waals surface area (Å²) in [4.78, 5) is 2.42. The molecule has 0 spiro atoms. The molecular formula is C12H18N2. The normalized spacial score (nSPS) is 16.9. The minimum Gasteiger partial charge on any atom is -0.371 e. The van der Waals surface area contributed by atoms with E-state index in [0.29, 0.717) is 0 Å². The zero-order valence-corrected chi connectivity index (χ0v) is 8.96. The Morgan fingerprint density at radius 3 is 2.93 bits per heavy atom. The molecule has 1 aromatic rings. The topological polar surface area (TPSA) is 29.3 Å². The van der Waals surface area contributed by atoms with Gasteiger partial charge in [-0.05, 0) is 37.5 Å². The first-order valence-corrected chi connectivity index (χ1v) is 5.36. The Bertz CT molecular complexity index is 331. The van der Waals surface area contributed by atoms with Gasteiger partial charge in [0, 0.05) is 24.8 Å². The average molecular weight is 190 g/mol. The number of nitrogens with zero attached hydrogens (tertiary/aromatic N) is 1. The lowest BCUT2D eigenvalue weighted by Crippen LogP contribution is -2.19. The average Bonchev–Trinajstić information content (AvgIpc) is 2.59. The van der Waals surface area contributed by atoms with Crippen molar-refractivity contribution in [2.75, 3.05) is 18.0 Å². The maximum absolute atomic E-state index is 5.96. The molecule has 1 heterocycles. The van der Waals surface area contributed by atoms with Crippen molar-refractivity contribution in [1.82, 2.24) is 0 Å². The first kappa shape index (κ1) is 9.53. The van der Waals surface area contributed by atoms with Gasteiger partial charge in [-0.25, -0.2) is 0 Å². The van der Waals surface area contributed by atoms with E-state index in [2.05, 4.69) is 36.9 Å². The Balaban J connectivity index is 2.44. The largest absolute Gasteiger partial charge is 0.371 e. The number of benzene rings is 1. The molecular weight excluding hydrogens is 172 g/mol. The lowest BCUT2D eigenvalue weighted by molar-refractivity contribution is 0.803. The summed E-state index contributed by atoms with van der Waals surface area (Å²) in [5.74, 6) is 0. The summed E-state index contributed by atoms with van der Waals surface area (Å²) in [7, 11) is 0. The summed E-state index contributed by atoms with van der Waals surface area (Å²) in [6.07, 6.45) is 1.15. The molecule has 0 radical (unpaired) electrons. The number of anilines is 1. The van der Waals surface area contributed by atoms with Crippen LogP contribution in [-0.4, -0.2) is 13.1 Å². The Morgan fingerprint density at radius 2 is 2.29 bits per heavy atom. The molecule has 0 fully saturated rings. The van der Waals surface area contributed by atoms with Crippen LogP contribution in [0.2, 0.25) is 0 Å². The van der Waals surface area contributed by atoms with E-state index < -0.39 is 0 Å². The fourth-order valence-electron chi connectivity index (χ4n) is 2.28. The number of hydrogen-bond acceptors (Lipinski definition) is 2. The van der Waals surface area contributed by atoms with Gasteiger partial charge in [0.05, 0.1) is 0 Å². The van der Waals surface area contributed by atoms with Gasteiger partial charge < -0.3 is 10.6 Å². The van der Waals surface area contributed by atoms with Crippen molar-refractivity contribution in [2.24, 2.45) is 5.73 Å². The SMILES string of the molecule is CCN1CCc2c(C(C)N)cccc21. The maximum Gasteiger partial charge on any atom is 0.0402 e. The number of likely N-dealkylation sites (N-methyl/N-ethyl adjacent to an activating group) is 1. The molecule has 0 bridgehead atoms. The van der Waals surface area contributed by atoms with Crippen molar-refractivity contribution < 1.29 is 0 Å². The van der Waals surface area contributed by atoms with E-state index in [4.69, 9.17) is 5.73 Å². The summed E-state index contributed by atoms with van der Waals surface area (Å²) in [5, 5.41) is 0. The van der Waals surface area contributed by atoms with Gasteiger partial charge in [-0.3, -0.25) is 0 Å². The fourth-order valence-corrected chi connectivity index (χ4v) is 2.28. The summed E-state index contributed by atoms with van der Waals surface area (Å²) in [6.45, 7) is 6.50. The van der Waals surface area contributed by atoms with Crippen molar-refractivity contribution in [3.63, 3.8) is 0 Å². The molecule has 0 amide bonds. The van der Waals surface area contributed by atoms with E-state index in [1.54, 1.807) is 0 Å². The second-order valence-corrected chi connectivity index (χ2v) is 3.96. The summed E-state index contributed by atoms with van der Waals surface area (Å²) in [5.41, 5.74) is 10.1. The predicted octanol–water partition coefficient (Wildman–Crippen LogP) is 2.09. The molecule has 0 saturated heterocycles. The molecule has 14 heavy (non-hydrogen) atoms. The number of rotatable bonds is 2. The Kier molecular flexibility index (Phi) is 2.46. The van der Waals surface area contributed by atoms with Gasteiger partial charge in [-0.1, -0.05) is 12.1 Å². The number of nitrogens with two attached hydrogens (primary N) is 1. The Labute approximate surface area is 85.7 Å². The smallest absolute Gasteiger partial charge is 0.0402 e. The maximum atomic E-state index is 5.96. The van der Waals surface area contributed by atoms with Crippen LogP contribution in [-0.2, 0) is 6.42 Å². The minimum absolute atomic E-state index is 0.154. The number of hydrogen-bond donors (Lipinski definition) is 1. The number of fused-ring (bicyclic) bond motifs is 1. The van der Waals surface area contributed by atoms with E-state index in [9.17, 15) is 0 Å². The summed E-state index contributed by atoms with van der Waals surface area (Å²) >= 11 is 0. The predicted molar refractivity (Wildman–Crippen MR) is 60.6 cm³/mol. The summed E-state index contributed by atoms with van der Waals surface area (Å²) in [6, 6.07) is 6.63. The molecule has 2 heteroatoms. The van der Waals surface area contributed by atoms with E-state index in [1.807, 2.05) is 0 Å². The second-order valence-electron chi connectivity index (χ2n) is 3.96. The monoisotopic (exact) mass is 190 g/mol. The third-order valence-electron chi connectivity index (χ3n) is 3.03. The molecule has 2 N–H and O–H groups in total. The van der Waals surface area contributed by atoms with Crippen LogP contribution in [0.15, 0.2) is 18.2 Å². The van der Waals surface area contributed by atoms with Crippen LogP contribution >= 0.6 is 0 Å². The molecule has 1 aliphatic heterocycles. The zero-order valence-electron chi connectivity index (χ0n) is 8.96. The van der Waals surface area contributed by atoms with Crippen LogP contribution in [0.5, 0.6) is 0 Å². The van der Waals surface area contributed by atoms with Crippen molar-refractivity contribution in [3.8, 4) is 0 Å². The van der Waals surface area contributed by atoms with Gasteiger partial charge in [0.25, 0.3) is 0 Å². The highest BCUT2D eigenvalue weighted by Gasteiger charge is 2.20. The molecule has 0 aliphatic carbocycles. The molecule has 2 rings (SSSR count). The van der Waals surface area contributed by atoms with E-state index in [0.717, 1.165) is 19.5 Å². The van der Waals surface area contributed by atoms with Crippen LogP contribution in [0.25, 0.3) is 0 Å². The third kappa shape index (κ3) is 1.40. The van der Waals surface area contributed by atoms with Gasteiger partial charge in [0.2, 0.25) is 0 Å². The van der Waals surface area contributed by atoms with Crippen LogP contribution in [0.4, 0.5) is 5.69 Å². The van der Waals surface area contributed by atoms with Crippen LogP contribution in [0.1, 0.15) is 31.0 Å². The molecule has 0 saturated carbocycles. The Hall–Kier alpha value is -1.02. The van der Waals surface area contributed by atoms with Crippen molar-refractivity contribution >= 4 is 5.69 Å². The van der Waals surface area contributed by atoms with Crippen molar-refractivity contribution in [3.05, 3.63) is 29.3 Å². The first-order valence-electron chi connectivity index (χ1n) is 5.36. The van der Waals surface area contributed by atoms with Crippen LogP contribution < -0.4 is 10.6 Å². The fraction of sp³-hybridized carbons (Fsp3) is 0.500. The standard InChI is InChI=1S/C12H18N2/c1-3-14-8-7-11-10(9(2)13)5-4-6-12(11)14/h4-6,9H,3,7-8,13H2,1-2H3. The lowest BCUT2D eigenvalue weighted by atomic mass is 10.00. The molecule has 1 aromatic carbocycles.